The van der Waals surface area contributed by atoms with Crippen molar-refractivity contribution >= 4 is 11.8 Å². The number of hydrogen-bond donors (Lipinski definition) is 2. The molecular weight excluding hydrogens is 358 g/mol. The van der Waals surface area contributed by atoms with Crippen molar-refractivity contribution in [2.75, 3.05) is 53.0 Å². The van der Waals surface area contributed by atoms with E-state index in [0.717, 1.165) is 51.3 Å². The minimum Gasteiger partial charge on any atom is -0.494 e. The Labute approximate surface area is 167 Å². The molecule has 1 aromatic carbocycles. The molecule has 1 aromatic rings. The Morgan fingerprint density at radius 2 is 1.96 bits per heavy atom. The lowest BCUT2D eigenvalue weighted by molar-refractivity contribution is -0.120. The van der Waals surface area contributed by atoms with Gasteiger partial charge in [-0.25, -0.2) is 0 Å². The first kappa shape index (κ1) is 22.2. The smallest absolute Gasteiger partial charge is 0.251 e. The molecule has 28 heavy (non-hydrogen) atoms. The van der Waals surface area contributed by atoms with E-state index in [1.807, 2.05) is 0 Å². The standard InChI is InChI=1S/C21H33N3O4/c1-3-4-12-28-19-7-5-18(6-8-19)21(26)23-15-20(25)22-14-17-9-10-24(16-17)11-13-27-2/h5-8,17H,3-4,9-16H2,1-2H3,(H,22,25)(H,23,26). The number of ether oxygens (including phenoxy) is 2. The number of methoxy groups -OCH3 is 1. The van der Waals surface area contributed by atoms with Gasteiger partial charge in [0.25, 0.3) is 5.91 Å². The quantitative estimate of drug-likeness (QED) is 0.530. The van der Waals surface area contributed by atoms with Crippen molar-refractivity contribution in [1.82, 2.24) is 15.5 Å². The van der Waals surface area contributed by atoms with Gasteiger partial charge < -0.3 is 25.0 Å². The summed E-state index contributed by atoms with van der Waals surface area (Å²) in [5.41, 5.74) is 0.514. The van der Waals surface area contributed by atoms with Gasteiger partial charge in [-0.05, 0) is 49.6 Å². The lowest BCUT2D eigenvalue weighted by atomic mass is 10.1. The molecule has 0 aliphatic carbocycles. The number of benzene rings is 1. The summed E-state index contributed by atoms with van der Waals surface area (Å²) in [6.07, 6.45) is 3.15. The molecule has 0 aromatic heterocycles. The summed E-state index contributed by atoms with van der Waals surface area (Å²) in [6, 6.07) is 6.98. The van der Waals surface area contributed by atoms with Gasteiger partial charge >= 0.3 is 0 Å². The van der Waals surface area contributed by atoms with Crippen LogP contribution in [-0.2, 0) is 9.53 Å². The molecule has 7 heteroatoms. The van der Waals surface area contributed by atoms with Crippen molar-refractivity contribution in [3.63, 3.8) is 0 Å². The van der Waals surface area contributed by atoms with Crippen LogP contribution in [0.15, 0.2) is 24.3 Å². The van der Waals surface area contributed by atoms with Crippen molar-refractivity contribution in [2.24, 2.45) is 5.92 Å². The zero-order valence-corrected chi connectivity index (χ0v) is 17.0. The first-order valence-corrected chi connectivity index (χ1v) is 10.1. The maximum atomic E-state index is 12.2. The number of rotatable bonds is 12. The number of hydrogen-bond acceptors (Lipinski definition) is 5. The Morgan fingerprint density at radius 1 is 1.18 bits per heavy atom. The van der Waals surface area contributed by atoms with Gasteiger partial charge in [0.05, 0.1) is 19.8 Å². The maximum absolute atomic E-state index is 12.2. The van der Waals surface area contributed by atoms with Gasteiger partial charge in [0.2, 0.25) is 5.91 Å². The molecular formula is C21H33N3O4. The van der Waals surface area contributed by atoms with Crippen LogP contribution in [0, 0.1) is 5.92 Å². The molecule has 1 aliphatic rings. The third kappa shape index (κ3) is 7.86. The van der Waals surface area contributed by atoms with Crippen LogP contribution in [0.3, 0.4) is 0 Å². The van der Waals surface area contributed by atoms with Crippen LogP contribution < -0.4 is 15.4 Å². The average Bonchev–Trinajstić information content (AvgIpc) is 3.17. The molecule has 1 fully saturated rings. The molecule has 156 valence electrons. The summed E-state index contributed by atoms with van der Waals surface area (Å²) in [5.74, 6) is 0.778. The molecule has 1 atom stereocenters. The van der Waals surface area contributed by atoms with Crippen molar-refractivity contribution in [3.8, 4) is 5.75 Å². The van der Waals surface area contributed by atoms with Gasteiger partial charge in [-0.15, -0.1) is 0 Å². The summed E-state index contributed by atoms with van der Waals surface area (Å²) in [6.45, 7) is 7.08. The Kier molecular flexibility index (Phi) is 9.79. The number of carbonyl (C=O) groups is 2. The Bertz CT molecular complexity index is 606. The van der Waals surface area contributed by atoms with E-state index in [1.54, 1.807) is 31.4 Å². The van der Waals surface area contributed by atoms with E-state index in [-0.39, 0.29) is 18.4 Å². The summed E-state index contributed by atoms with van der Waals surface area (Å²) in [5, 5.41) is 5.58. The van der Waals surface area contributed by atoms with Crippen LogP contribution in [-0.4, -0.2) is 69.8 Å². The molecule has 2 rings (SSSR count). The van der Waals surface area contributed by atoms with E-state index < -0.39 is 0 Å². The Hall–Kier alpha value is -2.12. The fraction of sp³-hybridized carbons (Fsp3) is 0.619. The van der Waals surface area contributed by atoms with E-state index in [4.69, 9.17) is 9.47 Å². The van der Waals surface area contributed by atoms with Gasteiger partial charge in [-0.2, -0.15) is 0 Å². The molecule has 7 nitrogen and oxygen atoms in total. The van der Waals surface area contributed by atoms with Gasteiger partial charge in [-0.1, -0.05) is 13.3 Å². The van der Waals surface area contributed by atoms with Gasteiger partial charge in [0.15, 0.2) is 0 Å². The fourth-order valence-electron chi connectivity index (χ4n) is 3.12. The van der Waals surface area contributed by atoms with Gasteiger partial charge in [0.1, 0.15) is 5.75 Å². The molecule has 2 N–H and O–H groups in total. The first-order chi connectivity index (χ1) is 13.6. The second kappa shape index (κ2) is 12.4. The van der Waals surface area contributed by atoms with Crippen LogP contribution >= 0.6 is 0 Å². The minimum atomic E-state index is -0.262. The van der Waals surface area contributed by atoms with Crippen LogP contribution in [0.4, 0.5) is 0 Å². The molecule has 0 radical (unpaired) electrons. The van der Waals surface area contributed by atoms with Crippen molar-refractivity contribution in [1.29, 1.82) is 0 Å². The molecule has 1 saturated heterocycles. The van der Waals surface area contributed by atoms with E-state index >= 15 is 0 Å². The highest BCUT2D eigenvalue weighted by atomic mass is 16.5. The lowest BCUT2D eigenvalue weighted by Crippen LogP contribution is -2.39. The van der Waals surface area contributed by atoms with Gasteiger partial charge in [-0.3, -0.25) is 9.59 Å². The molecule has 2 amide bonds. The molecule has 1 aliphatic heterocycles. The first-order valence-electron chi connectivity index (χ1n) is 10.1. The number of nitrogens with zero attached hydrogens (tertiary/aromatic N) is 1. The third-order valence-electron chi connectivity index (χ3n) is 4.86. The second-order valence-corrected chi connectivity index (χ2v) is 7.16. The predicted octanol–water partition coefficient (Wildman–Crippen LogP) is 1.68. The highest BCUT2D eigenvalue weighted by Gasteiger charge is 2.22. The predicted molar refractivity (Wildman–Crippen MR) is 109 cm³/mol. The number of carbonyl (C=O) groups excluding carboxylic acids is 2. The van der Waals surface area contributed by atoms with E-state index in [2.05, 4.69) is 22.5 Å². The van der Waals surface area contributed by atoms with E-state index in [9.17, 15) is 9.59 Å². The topological polar surface area (TPSA) is 79.9 Å². The van der Waals surface area contributed by atoms with Crippen molar-refractivity contribution in [3.05, 3.63) is 29.8 Å². The molecule has 1 unspecified atom stereocenters. The molecule has 1 heterocycles. The lowest BCUT2D eigenvalue weighted by Gasteiger charge is -2.15. The summed E-state index contributed by atoms with van der Waals surface area (Å²) >= 11 is 0. The number of likely N-dealkylation sites (tertiary alicyclic amines) is 1. The Morgan fingerprint density at radius 3 is 2.68 bits per heavy atom. The van der Waals surface area contributed by atoms with E-state index in [0.29, 0.717) is 24.6 Å². The monoisotopic (exact) mass is 391 g/mol. The number of amides is 2. The Balaban J connectivity index is 1.63. The zero-order valence-electron chi connectivity index (χ0n) is 17.0. The minimum absolute atomic E-state index is 0.0201. The van der Waals surface area contributed by atoms with Crippen LogP contribution in [0.5, 0.6) is 5.75 Å². The molecule has 0 spiro atoms. The normalized spacial score (nSPS) is 16.7. The van der Waals surface area contributed by atoms with Crippen LogP contribution in [0.1, 0.15) is 36.5 Å². The summed E-state index contributed by atoms with van der Waals surface area (Å²) in [7, 11) is 1.71. The summed E-state index contributed by atoms with van der Waals surface area (Å²) < 4.78 is 10.7. The molecule has 0 saturated carbocycles. The maximum Gasteiger partial charge on any atom is 0.251 e. The zero-order chi connectivity index (χ0) is 20.2. The van der Waals surface area contributed by atoms with Crippen LogP contribution in [0.2, 0.25) is 0 Å². The van der Waals surface area contributed by atoms with Crippen LogP contribution in [0.25, 0.3) is 0 Å². The highest BCUT2D eigenvalue weighted by Crippen LogP contribution is 2.15. The third-order valence-corrected chi connectivity index (χ3v) is 4.86. The van der Waals surface area contributed by atoms with Crippen molar-refractivity contribution in [2.45, 2.75) is 26.2 Å². The molecule has 0 bridgehead atoms. The summed E-state index contributed by atoms with van der Waals surface area (Å²) in [4.78, 5) is 26.5. The van der Waals surface area contributed by atoms with Gasteiger partial charge in [0, 0.05) is 32.3 Å². The average molecular weight is 392 g/mol. The number of nitrogens with one attached hydrogen (secondary N) is 2. The number of unbranched alkanes of at least 4 members (excludes halogenated alkanes) is 1. The van der Waals surface area contributed by atoms with E-state index in [1.165, 1.54) is 0 Å². The highest BCUT2D eigenvalue weighted by molar-refractivity contribution is 5.96. The fourth-order valence-corrected chi connectivity index (χ4v) is 3.12. The SMILES string of the molecule is CCCCOc1ccc(C(=O)NCC(=O)NCC2CCN(CCOC)C2)cc1. The van der Waals surface area contributed by atoms with Crippen molar-refractivity contribution < 1.29 is 19.1 Å². The largest absolute Gasteiger partial charge is 0.494 e. The second-order valence-electron chi connectivity index (χ2n) is 7.16.